The highest BCUT2D eigenvalue weighted by Crippen LogP contribution is 2.04. The lowest BCUT2D eigenvalue weighted by molar-refractivity contribution is 0.0956. The molecule has 0 bridgehead atoms. The number of nitriles is 1. The number of aliphatic hydroxyl groups is 1. The topological polar surface area (TPSA) is 73.1 Å². The van der Waals surface area contributed by atoms with Crippen molar-refractivity contribution in [3.8, 4) is 6.07 Å². The highest BCUT2D eigenvalue weighted by molar-refractivity contribution is 7.99. The molecule has 0 fully saturated rings. The van der Waals surface area contributed by atoms with Crippen LogP contribution in [0.5, 0.6) is 0 Å². The fourth-order valence-electron chi connectivity index (χ4n) is 1.34. The summed E-state index contributed by atoms with van der Waals surface area (Å²) in [5.41, 5.74) is 0.995. The Labute approximate surface area is 111 Å². The van der Waals surface area contributed by atoms with Crippen molar-refractivity contribution in [2.45, 2.75) is 6.42 Å². The first-order valence-electron chi connectivity index (χ1n) is 5.75. The van der Waals surface area contributed by atoms with Crippen LogP contribution in [0.15, 0.2) is 24.3 Å². The van der Waals surface area contributed by atoms with Crippen LogP contribution in [-0.4, -0.2) is 35.7 Å². The van der Waals surface area contributed by atoms with E-state index in [2.05, 4.69) is 5.32 Å². The molecule has 0 radical (unpaired) electrons. The van der Waals surface area contributed by atoms with Crippen LogP contribution in [0, 0.1) is 11.3 Å². The average molecular weight is 264 g/mol. The van der Waals surface area contributed by atoms with Gasteiger partial charge in [0.1, 0.15) is 0 Å². The number of hydrogen-bond donors (Lipinski definition) is 2. The molecule has 0 aromatic heterocycles. The zero-order valence-corrected chi connectivity index (χ0v) is 10.9. The number of carbonyl (C=O) groups is 1. The first kappa shape index (κ1) is 14.6. The molecule has 0 saturated heterocycles. The number of nitrogens with zero attached hydrogens (tertiary/aromatic N) is 1. The fourth-order valence-corrected chi connectivity index (χ4v) is 2.12. The van der Waals surface area contributed by atoms with Crippen molar-refractivity contribution in [2.24, 2.45) is 0 Å². The fraction of sp³-hybridized carbons (Fsp3) is 0.385. The summed E-state index contributed by atoms with van der Waals surface area (Å²) < 4.78 is 0. The van der Waals surface area contributed by atoms with Crippen LogP contribution < -0.4 is 5.32 Å². The van der Waals surface area contributed by atoms with Crippen LogP contribution in [0.4, 0.5) is 0 Å². The molecule has 2 N–H and O–H groups in total. The Balaban J connectivity index is 2.30. The van der Waals surface area contributed by atoms with E-state index in [-0.39, 0.29) is 12.5 Å². The van der Waals surface area contributed by atoms with Crippen molar-refractivity contribution in [3.05, 3.63) is 35.4 Å². The Morgan fingerprint density at radius 3 is 3.00 bits per heavy atom. The zero-order valence-electron chi connectivity index (χ0n) is 10.1. The second-order valence-corrected chi connectivity index (χ2v) is 4.86. The number of amides is 1. The Kier molecular flexibility index (Phi) is 6.92. The van der Waals surface area contributed by atoms with Crippen molar-refractivity contribution in [2.75, 3.05) is 24.7 Å². The van der Waals surface area contributed by atoms with Crippen molar-refractivity contribution >= 4 is 17.7 Å². The van der Waals surface area contributed by atoms with Gasteiger partial charge in [-0.25, -0.2) is 0 Å². The lowest BCUT2D eigenvalue weighted by Crippen LogP contribution is -2.25. The van der Waals surface area contributed by atoms with Gasteiger partial charge in [-0.3, -0.25) is 4.79 Å². The molecule has 1 rings (SSSR count). The van der Waals surface area contributed by atoms with E-state index in [4.69, 9.17) is 10.4 Å². The maximum absolute atomic E-state index is 11.7. The Hall–Kier alpha value is -1.51. The van der Waals surface area contributed by atoms with E-state index in [1.807, 2.05) is 6.07 Å². The molecule has 0 aliphatic heterocycles. The number of rotatable bonds is 7. The first-order valence-corrected chi connectivity index (χ1v) is 6.90. The smallest absolute Gasteiger partial charge is 0.251 e. The van der Waals surface area contributed by atoms with Gasteiger partial charge in [0.15, 0.2) is 0 Å². The molecule has 1 aromatic carbocycles. The van der Waals surface area contributed by atoms with Gasteiger partial charge in [0.2, 0.25) is 0 Å². The van der Waals surface area contributed by atoms with Crippen LogP contribution >= 0.6 is 11.8 Å². The van der Waals surface area contributed by atoms with Gasteiger partial charge < -0.3 is 10.4 Å². The molecular weight excluding hydrogens is 248 g/mol. The second-order valence-electron chi connectivity index (χ2n) is 3.64. The average Bonchev–Trinajstić information content (AvgIpc) is 2.42. The van der Waals surface area contributed by atoms with E-state index in [0.717, 1.165) is 17.9 Å². The molecule has 18 heavy (non-hydrogen) atoms. The molecule has 0 unspecified atom stereocenters. The summed E-state index contributed by atoms with van der Waals surface area (Å²) >= 11 is 1.70. The highest BCUT2D eigenvalue weighted by atomic mass is 32.2. The van der Waals surface area contributed by atoms with Gasteiger partial charge >= 0.3 is 0 Å². The van der Waals surface area contributed by atoms with Gasteiger partial charge in [0.25, 0.3) is 5.91 Å². The zero-order chi connectivity index (χ0) is 13.2. The van der Waals surface area contributed by atoms with Gasteiger partial charge in [0, 0.05) is 24.5 Å². The molecule has 1 amide bonds. The summed E-state index contributed by atoms with van der Waals surface area (Å²) in [6.45, 7) is 0.798. The van der Waals surface area contributed by atoms with E-state index in [1.54, 1.807) is 36.0 Å². The molecule has 0 saturated carbocycles. The number of nitrogens with one attached hydrogen (secondary N) is 1. The molecule has 0 aliphatic rings. The second kappa shape index (κ2) is 8.56. The molecule has 96 valence electrons. The van der Waals surface area contributed by atoms with Crippen LogP contribution in [0.25, 0.3) is 0 Å². The summed E-state index contributed by atoms with van der Waals surface area (Å²) in [5.74, 6) is 1.56. The third-order valence-electron chi connectivity index (χ3n) is 2.23. The SMILES string of the molecule is N#Cc1cccc(C(=O)NCCSCCCO)c1. The van der Waals surface area contributed by atoms with Crippen molar-refractivity contribution in [1.82, 2.24) is 5.32 Å². The van der Waals surface area contributed by atoms with E-state index in [9.17, 15) is 4.79 Å². The maximum Gasteiger partial charge on any atom is 0.251 e. The minimum Gasteiger partial charge on any atom is -0.396 e. The molecule has 1 aromatic rings. The normalized spacial score (nSPS) is 9.78. The highest BCUT2D eigenvalue weighted by Gasteiger charge is 2.04. The minimum atomic E-state index is -0.158. The van der Waals surface area contributed by atoms with E-state index >= 15 is 0 Å². The number of carbonyl (C=O) groups excluding carboxylic acids is 1. The Morgan fingerprint density at radius 1 is 1.44 bits per heavy atom. The van der Waals surface area contributed by atoms with Crippen molar-refractivity contribution in [1.29, 1.82) is 5.26 Å². The Bertz CT molecular complexity index is 429. The minimum absolute atomic E-state index is 0.158. The maximum atomic E-state index is 11.7. The van der Waals surface area contributed by atoms with Crippen molar-refractivity contribution < 1.29 is 9.90 Å². The monoisotopic (exact) mass is 264 g/mol. The van der Waals surface area contributed by atoms with Crippen LogP contribution in [0.1, 0.15) is 22.3 Å². The number of hydrogen-bond acceptors (Lipinski definition) is 4. The molecular formula is C13H16N2O2S. The molecule has 0 spiro atoms. The van der Waals surface area contributed by atoms with Crippen LogP contribution in [-0.2, 0) is 0 Å². The standard InChI is InChI=1S/C13H16N2O2S/c14-10-11-3-1-4-12(9-11)13(17)15-5-8-18-7-2-6-16/h1,3-4,9,16H,2,5-8H2,(H,15,17). The summed E-state index contributed by atoms with van der Waals surface area (Å²) in [6.07, 6.45) is 0.781. The third-order valence-corrected chi connectivity index (χ3v) is 3.30. The van der Waals surface area contributed by atoms with E-state index in [0.29, 0.717) is 17.7 Å². The molecule has 0 atom stereocenters. The first-order chi connectivity index (χ1) is 8.77. The van der Waals surface area contributed by atoms with Gasteiger partial charge in [-0.15, -0.1) is 0 Å². The molecule has 4 nitrogen and oxygen atoms in total. The van der Waals surface area contributed by atoms with E-state index in [1.165, 1.54) is 0 Å². The quantitative estimate of drug-likeness (QED) is 0.730. The van der Waals surface area contributed by atoms with Gasteiger partial charge in [-0.1, -0.05) is 6.07 Å². The van der Waals surface area contributed by atoms with Gasteiger partial charge in [0.05, 0.1) is 11.6 Å². The Morgan fingerprint density at radius 2 is 2.28 bits per heavy atom. The number of thioether (sulfide) groups is 1. The summed E-state index contributed by atoms with van der Waals surface area (Å²) in [4.78, 5) is 11.7. The summed E-state index contributed by atoms with van der Waals surface area (Å²) in [7, 11) is 0. The number of benzene rings is 1. The van der Waals surface area contributed by atoms with Crippen LogP contribution in [0.3, 0.4) is 0 Å². The summed E-state index contributed by atoms with van der Waals surface area (Å²) in [5, 5.41) is 20.1. The molecule has 0 heterocycles. The van der Waals surface area contributed by atoms with Gasteiger partial charge in [-0.2, -0.15) is 17.0 Å². The summed E-state index contributed by atoms with van der Waals surface area (Å²) in [6, 6.07) is 8.64. The predicted molar refractivity (Wildman–Crippen MR) is 72.5 cm³/mol. The lowest BCUT2D eigenvalue weighted by atomic mass is 10.1. The lowest BCUT2D eigenvalue weighted by Gasteiger charge is -2.05. The van der Waals surface area contributed by atoms with Gasteiger partial charge in [-0.05, 0) is 30.4 Å². The van der Waals surface area contributed by atoms with Crippen LogP contribution in [0.2, 0.25) is 0 Å². The number of aliphatic hydroxyl groups excluding tert-OH is 1. The molecule has 0 aliphatic carbocycles. The largest absolute Gasteiger partial charge is 0.396 e. The van der Waals surface area contributed by atoms with E-state index < -0.39 is 0 Å². The van der Waals surface area contributed by atoms with Crippen molar-refractivity contribution in [3.63, 3.8) is 0 Å². The predicted octanol–water partition coefficient (Wildman–Crippen LogP) is 1.40. The third kappa shape index (κ3) is 5.21. The molecule has 5 heteroatoms.